The minimum absolute atomic E-state index is 0.0104. The van der Waals surface area contributed by atoms with Gasteiger partial charge in [0.25, 0.3) is 0 Å². The maximum atomic E-state index is 12.2. The number of aliphatic carboxylic acids is 1. The van der Waals surface area contributed by atoms with Crippen molar-refractivity contribution in [1.29, 1.82) is 0 Å². The molecule has 1 aliphatic carbocycles. The number of benzene rings is 1. The molecular formula is C21H25ClO4. The van der Waals surface area contributed by atoms with Crippen LogP contribution in [-0.4, -0.2) is 22.6 Å². The van der Waals surface area contributed by atoms with Crippen LogP contribution in [0.5, 0.6) is 0 Å². The molecule has 140 valence electrons. The number of carbonyl (C=O) groups is 3. The zero-order valence-corrected chi connectivity index (χ0v) is 15.6. The highest BCUT2D eigenvalue weighted by molar-refractivity contribution is 6.30. The van der Waals surface area contributed by atoms with Crippen molar-refractivity contribution < 1.29 is 19.5 Å². The molecule has 1 N–H and O–H groups in total. The topological polar surface area (TPSA) is 71.4 Å². The fourth-order valence-corrected chi connectivity index (χ4v) is 3.58. The lowest BCUT2D eigenvalue weighted by molar-refractivity contribution is -0.137. The van der Waals surface area contributed by atoms with E-state index in [4.69, 9.17) is 16.7 Å². The predicted molar refractivity (Wildman–Crippen MR) is 101 cm³/mol. The normalized spacial score (nSPS) is 20.0. The van der Waals surface area contributed by atoms with Crippen LogP contribution in [0.2, 0.25) is 5.02 Å². The van der Waals surface area contributed by atoms with Crippen LogP contribution in [-0.2, 0) is 9.59 Å². The Kier molecular flexibility index (Phi) is 8.05. The minimum atomic E-state index is -0.758. The number of unbranched alkanes of at least 4 members (excludes halogenated alkanes) is 3. The molecule has 2 unspecified atom stereocenters. The second kappa shape index (κ2) is 10.3. The Morgan fingerprint density at radius 3 is 2.50 bits per heavy atom. The second-order valence-electron chi connectivity index (χ2n) is 6.85. The van der Waals surface area contributed by atoms with Crippen molar-refractivity contribution in [3.63, 3.8) is 0 Å². The van der Waals surface area contributed by atoms with Crippen molar-refractivity contribution in [3.05, 3.63) is 47.0 Å². The van der Waals surface area contributed by atoms with Crippen molar-refractivity contribution in [2.45, 2.75) is 51.4 Å². The Labute approximate surface area is 159 Å². The van der Waals surface area contributed by atoms with Gasteiger partial charge in [-0.25, -0.2) is 0 Å². The Morgan fingerprint density at radius 1 is 1.12 bits per heavy atom. The van der Waals surface area contributed by atoms with Gasteiger partial charge in [0.05, 0.1) is 0 Å². The van der Waals surface area contributed by atoms with E-state index < -0.39 is 5.97 Å². The Morgan fingerprint density at radius 2 is 1.81 bits per heavy atom. The van der Waals surface area contributed by atoms with Crippen molar-refractivity contribution in [2.75, 3.05) is 0 Å². The van der Waals surface area contributed by atoms with Crippen molar-refractivity contribution in [2.24, 2.45) is 11.8 Å². The molecule has 1 fully saturated rings. The molecular weight excluding hydrogens is 352 g/mol. The van der Waals surface area contributed by atoms with Gasteiger partial charge in [-0.3, -0.25) is 14.4 Å². The first kappa shape index (κ1) is 20.4. The summed E-state index contributed by atoms with van der Waals surface area (Å²) in [7, 11) is 0. The van der Waals surface area contributed by atoms with E-state index in [1.54, 1.807) is 30.3 Å². The third-order valence-electron chi connectivity index (χ3n) is 4.93. The fourth-order valence-electron chi connectivity index (χ4n) is 3.46. The zero-order valence-electron chi connectivity index (χ0n) is 14.8. The number of hydrogen-bond acceptors (Lipinski definition) is 3. The summed E-state index contributed by atoms with van der Waals surface area (Å²) in [4.78, 5) is 34.8. The average Bonchev–Trinajstić information content (AvgIpc) is 2.96. The van der Waals surface area contributed by atoms with Gasteiger partial charge in [-0.2, -0.15) is 0 Å². The molecule has 0 radical (unpaired) electrons. The molecule has 2 rings (SSSR count). The fraction of sp³-hybridized carbons (Fsp3) is 0.476. The third-order valence-corrected chi connectivity index (χ3v) is 5.19. The Balaban J connectivity index is 1.81. The van der Waals surface area contributed by atoms with Gasteiger partial charge >= 0.3 is 5.97 Å². The second-order valence-corrected chi connectivity index (χ2v) is 7.29. The summed E-state index contributed by atoms with van der Waals surface area (Å²) < 4.78 is 0. The quantitative estimate of drug-likeness (QED) is 0.350. The van der Waals surface area contributed by atoms with Crippen LogP contribution in [0.15, 0.2) is 36.4 Å². The number of halogens is 1. The third kappa shape index (κ3) is 6.41. The van der Waals surface area contributed by atoms with Gasteiger partial charge in [0.1, 0.15) is 5.78 Å². The van der Waals surface area contributed by atoms with Gasteiger partial charge < -0.3 is 5.11 Å². The van der Waals surface area contributed by atoms with E-state index in [-0.39, 0.29) is 29.8 Å². The van der Waals surface area contributed by atoms with Gasteiger partial charge in [0.15, 0.2) is 5.78 Å². The molecule has 1 aliphatic rings. The highest BCUT2D eigenvalue weighted by Gasteiger charge is 2.32. The molecule has 26 heavy (non-hydrogen) atoms. The molecule has 2 atom stereocenters. The summed E-state index contributed by atoms with van der Waals surface area (Å²) >= 11 is 5.83. The van der Waals surface area contributed by atoms with Gasteiger partial charge in [-0.1, -0.05) is 36.9 Å². The van der Waals surface area contributed by atoms with E-state index >= 15 is 0 Å². The lowest BCUT2D eigenvalue weighted by Gasteiger charge is -2.14. The van der Waals surface area contributed by atoms with E-state index in [1.807, 2.05) is 6.08 Å². The highest BCUT2D eigenvalue weighted by atomic mass is 35.5. The van der Waals surface area contributed by atoms with Gasteiger partial charge in [0.2, 0.25) is 0 Å². The summed E-state index contributed by atoms with van der Waals surface area (Å²) in [6.07, 6.45) is 9.29. The van der Waals surface area contributed by atoms with Crippen LogP contribution >= 0.6 is 11.6 Å². The van der Waals surface area contributed by atoms with E-state index in [0.717, 1.165) is 32.1 Å². The van der Waals surface area contributed by atoms with E-state index in [9.17, 15) is 14.4 Å². The number of Topliss-reactive ketones (excluding diaryl/α,β-unsaturated/α-hetero) is 1. The molecule has 1 aromatic rings. The number of allylic oxidation sites excluding steroid dienone is 2. The monoisotopic (exact) mass is 376 g/mol. The molecule has 0 spiro atoms. The lowest BCUT2D eigenvalue weighted by atomic mass is 9.89. The molecule has 0 aromatic heterocycles. The first-order valence-corrected chi connectivity index (χ1v) is 9.58. The minimum Gasteiger partial charge on any atom is -0.481 e. The van der Waals surface area contributed by atoms with E-state index in [2.05, 4.69) is 0 Å². The summed E-state index contributed by atoms with van der Waals surface area (Å²) in [5, 5.41) is 9.22. The van der Waals surface area contributed by atoms with Crippen LogP contribution in [0.3, 0.4) is 0 Å². The van der Waals surface area contributed by atoms with Crippen LogP contribution < -0.4 is 0 Å². The average molecular weight is 377 g/mol. The number of carboxylic acid groups (broad SMARTS) is 1. The van der Waals surface area contributed by atoms with Gasteiger partial charge in [0, 0.05) is 29.3 Å². The van der Waals surface area contributed by atoms with E-state index in [0.29, 0.717) is 23.4 Å². The Hall–Kier alpha value is -1.94. The largest absolute Gasteiger partial charge is 0.481 e. The number of carbonyl (C=O) groups excluding carboxylic acids is 2. The van der Waals surface area contributed by atoms with Gasteiger partial charge in [-0.15, -0.1) is 0 Å². The first-order valence-electron chi connectivity index (χ1n) is 9.20. The number of ketones is 2. The molecule has 0 saturated heterocycles. The van der Waals surface area contributed by atoms with Gasteiger partial charge in [-0.05, 0) is 55.5 Å². The molecule has 1 saturated carbocycles. The SMILES string of the molecule is O=C(O)CCCCCCC1C(=O)CCC1C=CC(=O)c1ccc(Cl)cc1. The van der Waals surface area contributed by atoms with Crippen molar-refractivity contribution >= 4 is 29.1 Å². The number of carboxylic acids is 1. The summed E-state index contributed by atoms with van der Waals surface area (Å²) in [5.74, 6) is -0.439. The highest BCUT2D eigenvalue weighted by Crippen LogP contribution is 2.34. The van der Waals surface area contributed by atoms with Crippen LogP contribution in [0.1, 0.15) is 61.7 Å². The first-order chi connectivity index (χ1) is 12.5. The standard InChI is InChI=1S/C21H25ClO4/c22-17-11-7-16(8-12-17)19(23)13-9-15-10-14-20(24)18(15)5-3-1-2-4-6-21(25)26/h7-9,11-13,15,18H,1-6,10,14H2,(H,25,26). The van der Waals surface area contributed by atoms with Crippen molar-refractivity contribution in [1.82, 2.24) is 0 Å². The summed E-state index contributed by atoms with van der Waals surface area (Å²) in [6, 6.07) is 6.77. The number of hydrogen-bond donors (Lipinski definition) is 1. The molecule has 4 nitrogen and oxygen atoms in total. The van der Waals surface area contributed by atoms with Crippen molar-refractivity contribution in [3.8, 4) is 0 Å². The molecule has 0 bridgehead atoms. The molecule has 1 aromatic carbocycles. The Bertz CT molecular complexity index is 663. The molecule has 0 heterocycles. The molecule has 0 amide bonds. The molecule has 5 heteroatoms. The predicted octanol–water partition coefficient (Wildman–Crippen LogP) is 5.10. The van der Waals surface area contributed by atoms with Crippen LogP contribution in [0, 0.1) is 11.8 Å². The number of rotatable bonds is 10. The smallest absolute Gasteiger partial charge is 0.303 e. The summed E-state index contributed by atoms with van der Waals surface area (Å²) in [6.45, 7) is 0. The summed E-state index contributed by atoms with van der Waals surface area (Å²) in [5.41, 5.74) is 0.588. The van der Waals surface area contributed by atoms with Crippen LogP contribution in [0.25, 0.3) is 0 Å². The maximum absolute atomic E-state index is 12.2. The van der Waals surface area contributed by atoms with Crippen LogP contribution in [0.4, 0.5) is 0 Å². The molecule has 0 aliphatic heterocycles. The lowest BCUT2D eigenvalue weighted by Crippen LogP contribution is -2.13. The maximum Gasteiger partial charge on any atom is 0.303 e. The zero-order chi connectivity index (χ0) is 18.9. The van der Waals surface area contributed by atoms with E-state index in [1.165, 1.54) is 0 Å².